The minimum absolute atomic E-state index is 0.394. The van der Waals surface area contributed by atoms with Gasteiger partial charge in [-0.25, -0.2) is 6.57 Å². The predicted octanol–water partition coefficient (Wildman–Crippen LogP) is 1.31. The Bertz CT molecular complexity index is 90.6. The lowest BCUT2D eigenvalue weighted by molar-refractivity contribution is 0.958. The summed E-state index contributed by atoms with van der Waals surface area (Å²) in [6.45, 7) is 8.59. The third-order valence-corrected chi connectivity index (χ3v) is 1.23. The van der Waals surface area contributed by atoms with Crippen molar-refractivity contribution in [3.63, 3.8) is 0 Å². The maximum absolute atomic E-state index is 6.48. The van der Waals surface area contributed by atoms with Crippen LogP contribution in [-0.4, -0.2) is 6.04 Å². The summed E-state index contributed by atoms with van der Waals surface area (Å²) in [5.41, 5.74) is 0. The van der Waals surface area contributed by atoms with Crippen LogP contribution in [0, 0.1) is 12.5 Å². The molecule has 1 nitrogen and oxygen atoms in total. The summed E-state index contributed by atoms with van der Waals surface area (Å²) in [5, 5.41) is 0. The van der Waals surface area contributed by atoms with Crippen molar-refractivity contribution in [2.24, 2.45) is 5.92 Å². The maximum Gasteiger partial charge on any atom is 0.227 e. The van der Waals surface area contributed by atoms with E-state index in [0.29, 0.717) is 12.0 Å². The lowest BCUT2D eigenvalue weighted by atomic mass is 10.5. The van der Waals surface area contributed by atoms with Crippen LogP contribution in [0.3, 0.4) is 0 Å². The third kappa shape index (κ3) is 0.386. The van der Waals surface area contributed by atoms with E-state index in [0.717, 1.165) is 6.42 Å². The summed E-state index contributed by atoms with van der Waals surface area (Å²) in [4.78, 5) is 3.33. The van der Waals surface area contributed by atoms with Crippen molar-refractivity contribution >= 4 is 0 Å². The second-order valence-corrected chi connectivity index (χ2v) is 1.91. The Morgan fingerprint density at radius 1 is 1.83 bits per heavy atom. The highest BCUT2D eigenvalue weighted by atomic mass is 14.8. The van der Waals surface area contributed by atoms with Gasteiger partial charge in [0.25, 0.3) is 0 Å². The largest absolute Gasteiger partial charge is 0.313 e. The molecule has 6 heavy (non-hydrogen) atoms. The Kier molecular flexibility index (Phi) is 0.597. The molecule has 1 heteroatoms. The van der Waals surface area contributed by atoms with Crippen LogP contribution in [-0.2, 0) is 0 Å². The quantitative estimate of drug-likeness (QED) is 0.387. The van der Waals surface area contributed by atoms with Gasteiger partial charge in [-0.2, -0.15) is 0 Å². The van der Waals surface area contributed by atoms with E-state index in [1.807, 2.05) is 0 Å². The van der Waals surface area contributed by atoms with Crippen LogP contribution in [0.4, 0.5) is 0 Å². The Morgan fingerprint density at radius 3 is 2.33 bits per heavy atom. The average Bonchev–Trinajstić information content (AvgIpc) is 2.19. The Morgan fingerprint density at radius 2 is 2.33 bits per heavy atom. The van der Waals surface area contributed by atoms with Gasteiger partial charge < -0.3 is 4.85 Å². The van der Waals surface area contributed by atoms with Crippen LogP contribution in [0.2, 0.25) is 0 Å². The smallest absolute Gasteiger partial charge is 0.227 e. The van der Waals surface area contributed by atoms with E-state index in [-0.39, 0.29) is 0 Å². The minimum atomic E-state index is 0.394. The molecule has 1 fully saturated rings. The molecule has 0 aliphatic heterocycles. The molecular formula is C5H7N. The van der Waals surface area contributed by atoms with Crippen molar-refractivity contribution in [3.8, 4) is 0 Å². The molecule has 1 saturated carbocycles. The standard InChI is InChI=1S/C5H7N/c1-4-3-5(4)6-2/h4-5H,3H2,1H3/t4-,5-/m0/s1. The van der Waals surface area contributed by atoms with Crippen LogP contribution >= 0.6 is 0 Å². The van der Waals surface area contributed by atoms with E-state index in [9.17, 15) is 0 Å². The average molecular weight is 81.1 g/mol. The highest BCUT2D eigenvalue weighted by molar-refractivity contribution is 4.98. The highest BCUT2D eigenvalue weighted by Gasteiger charge is 2.39. The summed E-state index contributed by atoms with van der Waals surface area (Å²) in [6, 6.07) is 0.394. The number of hydrogen-bond donors (Lipinski definition) is 0. The lowest BCUT2D eigenvalue weighted by Crippen LogP contribution is -1.67. The summed E-state index contributed by atoms with van der Waals surface area (Å²) in [6.07, 6.45) is 1.14. The molecule has 32 valence electrons. The van der Waals surface area contributed by atoms with Gasteiger partial charge in [0.1, 0.15) is 0 Å². The second kappa shape index (κ2) is 0.975. The van der Waals surface area contributed by atoms with Crippen molar-refractivity contribution in [2.45, 2.75) is 19.4 Å². The molecule has 1 rings (SSSR count). The van der Waals surface area contributed by atoms with E-state index in [4.69, 9.17) is 6.57 Å². The fourth-order valence-corrected chi connectivity index (χ4v) is 0.482. The Labute approximate surface area is 37.8 Å². The normalized spacial score (nSPS) is 41.3. The molecule has 0 aromatic rings. The van der Waals surface area contributed by atoms with Gasteiger partial charge in [-0.1, -0.05) is 6.92 Å². The van der Waals surface area contributed by atoms with Crippen molar-refractivity contribution < 1.29 is 0 Å². The topological polar surface area (TPSA) is 4.36 Å². The molecule has 0 amide bonds. The van der Waals surface area contributed by atoms with Crippen molar-refractivity contribution in [2.75, 3.05) is 0 Å². The molecule has 0 radical (unpaired) electrons. The Hall–Kier alpha value is -0.510. The lowest BCUT2D eigenvalue weighted by Gasteiger charge is -1.64. The van der Waals surface area contributed by atoms with Gasteiger partial charge in [0.05, 0.1) is 0 Å². The minimum Gasteiger partial charge on any atom is -0.313 e. The fraction of sp³-hybridized carbons (Fsp3) is 0.800. The van der Waals surface area contributed by atoms with Crippen LogP contribution in [0.15, 0.2) is 0 Å². The van der Waals surface area contributed by atoms with Gasteiger partial charge >= 0.3 is 0 Å². The van der Waals surface area contributed by atoms with Crippen LogP contribution in [0.25, 0.3) is 4.85 Å². The zero-order valence-electron chi connectivity index (χ0n) is 3.81. The van der Waals surface area contributed by atoms with E-state index in [1.54, 1.807) is 0 Å². The van der Waals surface area contributed by atoms with E-state index < -0.39 is 0 Å². The first-order valence-electron chi connectivity index (χ1n) is 2.21. The zero-order chi connectivity index (χ0) is 4.57. The molecule has 2 atom stereocenters. The summed E-state index contributed by atoms with van der Waals surface area (Å²) < 4.78 is 0. The molecule has 0 spiro atoms. The maximum atomic E-state index is 6.48. The third-order valence-electron chi connectivity index (χ3n) is 1.23. The van der Waals surface area contributed by atoms with Crippen molar-refractivity contribution in [1.82, 2.24) is 0 Å². The molecule has 0 N–H and O–H groups in total. The van der Waals surface area contributed by atoms with Gasteiger partial charge in [0.2, 0.25) is 6.04 Å². The summed E-state index contributed by atoms with van der Waals surface area (Å²) in [7, 11) is 0. The van der Waals surface area contributed by atoms with Gasteiger partial charge in [-0.15, -0.1) is 0 Å². The first-order valence-corrected chi connectivity index (χ1v) is 2.21. The molecule has 0 aromatic heterocycles. The Balaban J connectivity index is 2.31. The molecule has 0 bridgehead atoms. The summed E-state index contributed by atoms with van der Waals surface area (Å²) >= 11 is 0. The molecule has 0 saturated heterocycles. The second-order valence-electron chi connectivity index (χ2n) is 1.91. The van der Waals surface area contributed by atoms with E-state index >= 15 is 0 Å². The molecular weight excluding hydrogens is 74.1 g/mol. The first kappa shape index (κ1) is 3.67. The van der Waals surface area contributed by atoms with Gasteiger partial charge in [-0.05, 0) is 0 Å². The van der Waals surface area contributed by atoms with Crippen molar-refractivity contribution in [1.29, 1.82) is 0 Å². The first-order chi connectivity index (χ1) is 2.84. The number of rotatable bonds is 0. The molecule has 0 unspecified atom stereocenters. The molecule has 1 aliphatic rings. The van der Waals surface area contributed by atoms with Gasteiger partial charge in [-0.3, -0.25) is 0 Å². The monoisotopic (exact) mass is 81.1 g/mol. The zero-order valence-corrected chi connectivity index (χ0v) is 3.81. The van der Waals surface area contributed by atoms with Gasteiger partial charge in [0, 0.05) is 12.3 Å². The summed E-state index contributed by atoms with van der Waals surface area (Å²) in [5.74, 6) is 0.711. The highest BCUT2D eigenvalue weighted by Crippen LogP contribution is 2.32. The molecule has 0 heterocycles. The van der Waals surface area contributed by atoms with Crippen LogP contribution in [0.5, 0.6) is 0 Å². The van der Waals surface area contributed by atoms with E-state index in [2.05, 4.69) is 11.8 Å². The fourth-order valence-electron chi connectivity index (χ4n) is 0.482. The molecule has 1 aliphatic carbocycles. The van der Waals surface area contributed by atoms with E-state index in [1.165, 1.54) is 0 Å². The molecule has 0 aromatic carbocycles. The van der Waals surface area contributed by atoms with Crippen LogP contribution < -0.4 is 0 Å². The number of hydrogen-bond acceptors (Lipinski definition) is 0. The van der Waals surface area contributed by atoms with Crippen LogP contribution in [0.1, 0.15) is 13.3 Å². The van der Waals surface area contributed by atoms with Gasteiger partial charge in [0.15, 0.2) is 0 Å². The predicted molar refractivity (Wildman–Crippen MR) is 24.2 cm³/mol. The number of nitrogens with zero attached hydrogens (tertiary/aromatic N) is 1. The van der Waals surface area contributed by atoms with Crippen molar-refractivity contribution in [3.05, 3.63) is 11.4 Å². The SMILES string of the molecule is [C-]#[N+][C@H]1C[C@@H]1C.